The molecule has 56 valence electrons. The van der Waals surface area contributed by atoms with E-state index in [4.69, 9.17) is 10.2 Å². The summed E-state index contributed by atoms with van der Waals surface area (Å²) < 4.78 is 0. The van der Waals surface area contributed by atoms with E-state index in [1.165, 1.54) is 0 Å². The first-order valence-electron chi connectivity index (χ1n) is 2.41. The lowest BCUT2D eigenvalue weighted by Crippen LogP contribution is -2.39. The predicted octanol–water partition coefficient (Wildman–Crippen LogP) is -1.31. The summed E-state index contributed by atoms with van der Waals surface area (Å²) in [6.07, 6.45) is -0.989. The molecule has 3 N–H and O–H groups in total. The minimum Gasteiger partial charge on any atom is -0.478 e. The van der Waals surface area contributed by atoms with Crippen LogP contribution in [0.4, 0.5) is 0 Å². The Balaban J connectivity index is 3.79. The van der Waals surface area contributed by atoms with Crippen molar-refractivity contribution in [3.05, 3.63) is 12.7 Å². The summed E-state index contributed by atoms with van der Waals surface area (Å²) in [6.45, 7) is 3.06. The Bertz CT molecular complexity index is 165. The van der Waals surface area contributed by atoms with Crippen molar-refractivity contribution in [2.24, 2.45) is 0 Å². The topological polar surface area (TPSA) is 86.6 Å². The van der Waals surface area contributed by atoms with E-state index in [0.717, 1.165) is 6.08 Å². The van der Waals surface area contributed by atoms with Gasteiger partial charge in [-0.1, -0.05) is 6.58 Å². The van der Waals surface area contributed by atoms with Crippen LogP contribution in [-0.2, 0) is 9.59 Å². The highest BCUT2D eigenvalue weighted by Gasteiger charge is 2.13. The van der Waals surface area contributed by atoms with Crippen molar-refractivity contribution < 1.29 is 19.8 Å². The minimum atomic E-state index is -1.86. The number of aliphatic hydroxyl groups is 1. The van der Waals surface area contributed by atoms with Crippen LogP contribution in [0.5, 0.6) is 0 Å². The number of nitrogens with one attached hydrogen (secondary N) is 1. The lowest BCUT2D eigenvalue weighted by molar-refractivity contribution is -0.150. The summed E-state index contributed by atoms with van der Waals surface area (Å²) in [4.78, 5) is 20.1. The molecule has 5 heteroatoms. The molecule has 0 fully saturated rings. The Morgan fingerprint density at radius 1 is 1.60 bits per heavy atom. The standard InChI is InChI=1S/C5H7NO4/c1-2-3(7)6-4(8)5(9)10/h2,4,8H,1H2,(H,6,7)(H,9,10)/t4-/m0/s1. The van der Waals surface area contributed by atoms with E-state index in [-0.39, 0.29) is 0 Å². The Morgan fingerprint density at radius 2 is 2.10 bits per heavy atom. The molecule has 0 heterocycles. The van der Waals surface area contributed by atoms with Gasteiger partial charge in [-0.05, 0) is 6.08 Å². The van der Waals surface area contributed by atoms with Gasteiger partial charge < -0.3 is 15.5 Å². The van der Waals surface area contributed by atoms with Gasteiger partial charge in [-0.3, -0.25) is 4.79 Å². The highest BCUT2D eigenvalue weighted by molar-refractivity contribution is 5.89. The number of carboxylic acid groups (broad SMARTS) is 1. The largest absolute Gasteiger partial charge is 0.478 e. The van der Waals surface area contributed by atoms with Crippen LogP contribution in [0.3, 0.4) is 0 Å². The van der Waals surface area contributed by atoms with Gasteiger partial charge in [0.1, 0.15) is 0 Å². The van der Waals surface area contributed by atoms with E-state index < -0.39 is 18.1 Å². The van der Waals surface area contributed by atoms with Crippen molar-refractivity contribution in [1.29, 1.82) is 0 Å². The Kier molecular flexibility index (Phi) is 3.13. The van der Waals surface area contributed by atoms with Gasteiger partial charge in [0.05, 0.1) is 0 Å². The lowest BCUT2D eigenvalue weighted by atomic mass is 10.5. The second-order valence-electron chi connectivity index (χ2n) is 1.45. The molecule has 0 saturated heterocycles. The quantitative estimate of drug-likeness (QED) is 0.340. The van der Waals surface area contributed by atoms with Gasteiger partial charge in [0.15, 0.2) is 0 Å². The number of rotatable bonds is 3. The van der Waals surface area contributed by atoms with Crippen LogP contribution >= 0.6 is 0 Å². The Labute approximate surface area is 57.0 Å². The summed E-state index contributed by atoms with van der Waals surface area (Å²) >= 11 is 0. The second-order valence-corrected chi connectivity index (χ2v) is 1.45. The molecule has 0 aliphatic heterocycles. The Morgan fingerprint density at radius 3 is 2.40 bits per heavy atom. The number of hydrogen-bond acceptors (Lipinski definition) is 3. The third-order valence-electron chi connectivity index (χ3n) is 0.698. The number of carbonyl (C=O) groups is 2. The van der Waals surface area contributed by atoms with E-state index in [1.54, 1.807) is 5.32 Å². The van der Waals surface area contributed by atoms with Crippen LogP contribution in [0.1, 0.15) is 0 Å². The van der Waals surface area contributed by atoms with Crippen molar-refractivity contribution in [3.8, 4) is 0 Å². The molecular formula is C5H7NO4. The third kappa shape index (κ3) is 2.83. The van der Waals surface area contributed by atoms with Gasteiger partial charge in [0.2, 0.25) is 12.1 Å². The van der Waals surface area contributed by atoms with Crippen molar-refractivity contribution in [3.63, 3.8) is 0 Å². The Hall–Kier alpha value is -1.36. The average molecular weight is 145 g/mol. The molecule has 0 rings (SSSR count). The number of amides is 1. The maximum atomic E-state index is 10.3. The highest BCUT2D eigenvalue weighted by Crippen LogP contribution is 1.76. The van der Waals surface area contributed by atoms with Gasteiger partial charge in [-0.2, -0.15) is 0 Å². The molecule has 0 aromatic rings. The number of hydrogen-bond donors (Lipinski definition) is 3. The van der Waals surface area contributed by atoms with E-state index in [2.05, 4.69) is 6.58 Å². The zero-order chi connectivity index (χ0) is 8.15. The summed E-state index contributed by atoms with van der Waals surface area (Å²) in [6, 6.07) is 0. The molecule has 0 unspecified atom stereocenters. The molecule has 10 heavy (non-hydrogen) atoms. The van der Waals surface area contributed by atoms with Crippen LogP contribution in [0.25, 0.3) is 0 Å². The number of carbonyl (C=O) groups excluding carboxylic acids is 1. The number of aliphatic hydroxyl groups excluding tert-OH is 1. The lowest BCUT2D eigenvalue weighted by Gasteiger charge is -2.03. The summed E-state index contributed by atoms with van der Waals surface area (Å²) in [5, 5.41) is 18.2. The monoisotopic (exact) mass is 145 g/mol. The molecule has 0 spiro atoms. The van der Waals surface area contributed by atoms with Crippen LogP contribution in [0.2, 0.25) is 0 Å². The summed E-state index contributed by atoms with van der Waals surface area (Å²) in [5.41, 5.74) is 0. The zero-order valence-electron chi connectivity index (χ0n) is 5.07. The van der Waals surface area contributed by atoms with Crippen molar-refractivity contribution in [1.82, 2.24) is 5.32 Å². The molecule has 1 amide bonds. The van der Waals surface area contributed by atoms with Gasteiger partial charge in [-0.15, -0.1) is 0 Å². The van der Waals surface area contributed by atoms with E-state index in [1.807, 2.05) is 0 Å². The first kappa shape index (κ1) is 8.64. The van der Waals surface area contributed by atoms with Crippen LogP contribution < -0.4 is 5.32 Å². The van der Waals surface area contributed by atoms with Crippen molar-refractivity contribution >= 4 is 11.9 Å². The molecule has 5 nitrogen and oxygen atoms in total. The predicted molar refractivity (Wildman–Crippen MR) is 32.0 cm³/mol. The van der Waals surface area contributed by atoms with Gasteiger partial charge in [0.25, 0.3) is 0 Å². The molecule has 1 atom stereocenters. The van der Waals surface area contributed by atoms with E-state index >= 15 is 0 Å². The smallest absolute Gasteiger partial charge is 0.353 e. The average Bonchev–Trinajstić information content (AvgIpc) is 1.87. The normalized spacial score (nSPS) is 11.7. The van der Waals surface area contributed by atoms with E-state index in [9.17, 15) is 9.59 Å². The number of carboxylic acids is 1. The fraction of sp³-hybridized carbons (Fsp3) is 0.200. The van der Waals surface area contributed by atoms with Crippen LogP contribution in [0, 0.1) is 0 Å². The molecule has 0 radical (unpaired) electrons. The van der Waals surface area contributed by atoms with Crippen molar-refractivity contribution in [2.45, 2.75) is 6.23 Å². The van der Waals surface area contributed by atoms with Crippen LogP contribution in [-0.4, -0.2) is 28.3 Å². The third-order valence-corrected chi connectivity index (χ3v) is 0.698. The molecule has 0 aliphatic rings. The molecule has 0 bridgehead atoms. The van der Waals surface area contributed by atoms with E-state index in [0.29, 0.717) is 0 Å². The number of aliphatic carboxylic acids is 1. The first-order valence-corrected chi connectivity index (χ1v) is 2.41. The van der Waals surface area contributed by atoms with Gasteiger partial charge in [-0.25, -0.2) is 4.79 Å². The SMILES string of the molecule is C=CC(=O)N[C@@H](O)C(=O)O. The highest BCUT2D eigenvalue weighted by atomic mass is 16.4. The molecule has 0 aliphatic carbocycles. The second kappa shape index (κ2) is 3.62. The fourth-order valence-electron chi connectivity index (χ4n) is 0.255. The summed E-state index contributed by atoms with van der Waals surface area (Å²) in [5.74, 6) is -2.23. The molecule has 0 aromatic carbocycles. The van der Waals surface area contributed by atoms with Crippen LogP contribution in [0.15, 0.2) is 12.7 Å². The minimum absolute atomic E-state index is 0.727. The maximum Gasteiger partial charge on any atom is 0.353 e. The molecule has 0 saturated carbocycles. The van der Waals surface area contributed by atoms with Gasteiger partial charge >= 0.3 is 5.97 Å². The molecular weight excluding hydrogens is 138 g/mol. The fourth-order valence-corrected chi connectivity index (χ4v) is 0.255. The molecule has 0 aromatic heterocycles. The zero-order valence-corrected chi connectivity index (χ0v) is 5.07. The summed E-state index contributed by atoms with van der Waals surface area (Å²) in [7, 11) is 0. The van der Waals surface area contributed by atoms with Gasteiger partial charge in [0, 0.05) is 0 Å². The maximum absolute atomic E-state index is 10.3. The first-order chi connectivity index (χ1) is 4.57. The van der Waals surface area contributed by atoms with Crippen molar-refractivity contribution in [2.75, 3.05) is 0 Å².